The number of fused-ring (bicyclic) bond motifs is 4. The highest BCUT2D eigenvalue weighted by molar-refractivity contribution is 9.10. The van der Waals surface area contributed by atoms with Crippen LogP contribution in [0.4, 0.5) is 49.7 Å². The Bertz CT molecular complexity index is 6710. The van der Waals surface area contributed by atoms with Crippen LogP contribution in [0.1, 0.15) is 111 Å². The van der Waals surface area contributed by atoms with Crippen LogP contribution in [0.5, 0.6) is 0 Å². The monoisotopic (exact) mass is 2190 g/mol. The van der Waals surface area contributed by atoms with Crippen molar-refractivity contribution in [1.29, 1.82) is 0 Å². The Morgan fingerprint density at radius 3 is 1.10 bits per heavy atom. The van der Waals surface area contributed by atoms with Gasteiger partial charge in [0.25, 0.3) is 6.47 Å². The summed E-state index contributed by atoms with van der Waals surface area (Å²) in [4.78, 5) is 82.8. The molecule has 0 aliphatic carbocycles. The molecule has 1 aliphatic heterocycles. The van der Waals surface area contributed by atoms with Crippen LogP contribution >= 0.6 is 101 Å². The molecule has 4 aromatic carbocycles. The van der Waals surface area contributed by atoms with Gasteiger partial charge < -0.3 is 99.7 Å². The molecule has 15 aromatic rings. The number of nitrogens with zero attached hydrogens (tertiary/aromatic N) is 11. The zero-order valence-corrected chi connectivity index (χ0v) is 89.3. The van der Waals surface area contributed by atoms with Crippen LogP contribution in [0.15, 0.2) is 240 Å². The zero-order valence-electron chi connectivity index (χ0n) is 81.6. The second kappa shape index (κ2) is 53.6. The number of aromatic nitrogens is 7. The molecule has 0 atom stereocenters. The number of ether oxygens (including phenoxy) is 3. The Morgan fingerprint density at radius 1 is 0.441 bits per heavy atom. The van der Waals surface area contributed by atoms with Crippen molar-refractivity contribution in [2.75, 3.05) is 98.5 Å². The van der Waals surface area contributed by atoms with Crippen LogP contribution in [-0.2, 0) is 59.3 Å². The SMILES string of the molecule is C.CC(C)(C)OC(=O)NCc1cc2cc(B3OC(C)(C)C(C)(C)O3)cc(Cl)c2o1.CN(C)c1ccc(-c2cc(Cl)c3oc(CN)cc3c2)nc1.CN(C)c1ccc(-c2cc(Cl)c3oc(CNC(=O)/C=C/c4ccc(N)nc4)cc3c2)nc1.CN(C)c1ccc(-c2cc(Cl)c3oc(CNC(=O)OC(C)(C)C)cc3c2)nc1.CN(C)c1ccc(Br)nc1.ClCCl.Nc1ccc(/C=C/OC=O)cn1.Nc1ccc(Br)nc1. The van der Waals surface area contributed by atoms with E-state index in [0.29, 0.717) is 90.0 Å². The minimum absolute atomic E-state index is 0. The zero-order chi connectivity index (χ0) is 104. The lowest BCUT2D eigenvalue weighted by molar-refractivity contribution is -0.123. The molecule has 1 fully saturated rings. The average molecular weight is 2200 g/mol. The maximum atomic E-state index is 12.1. The van der Waals surface area contributed by atoms with Crippen molar-refractivity contribution in [3.05, 3.63) is 277 Å². The van der Waals surface area contributed by atoms with Crippen molar-refractivity contribution in [2.24, 2.45) is 5.73 Å². The van der Waals surface area contributed by atoms with Crippen molar-refractivity contribution >= 4 is 235 Å². The molecule has 11 aromatic heterocycles. The molecule has 143 heavy (non-hydrogen) atoms. The first kappa shape index (κ1) is 116. The van der Waals surface area contributed by atoms with E-state index in [9.17, 15) is 19.2 Å². The van der Waals surface area contributed by atoms with Gasteiger partial charge in [-0.25, -0.2) is 29.5 Å². The lowest BCUT2D eigenvalue weighted by Gasteiger charge is -2.32. The van der Waals surface area contributed by atoms with E-state index in [0.717, 1.165) is 110 Å². The molecule has 1 aliphatic rings. The summed E-state index contributed by atoms with van der Waals surface area (Å²) in [7, 11) is 15.3. The normalized spacial score (nSPS) is 12.1. The Morgan fingerprint density at radius 2 is 0.783 bits per heavy atom. The summed E-state index contributed by atoms with van der Waals surface area (Å²) >= 11 is 41.6. The number of amides is 3. The third-order valence-corrected chi connectivity index (χ3v) is 22.4. The van der Waals surface area contributed by atoms with E-state index in [1.165, 1.54) is 12.3 Å². The smallest absolute Gasteiger partial charge is 0.458 e. The molecule has 0 spiro atoms. The lowest BCUT2D eigenvalue weighted by Crippen LogP contribution is -2.41. The number of nitrogens with one attached hydrogen (secondary N) is 3. The van der Waals surface area contributed by atoms with Gasteiger partial charge in [-0.1, -0.05) is 59.9 Å². The van der Waals surface area contributed by atoms with Gasteiger partial charge in [0.2, 0.25) is 5.91 Å². The van der Waals surface area contributed by atoms with Crippen LogP contribution in [0.3, 0.4) is 0 Å². The Labute approximate surface area is 879 Å². The second-order valence-corrected chi connectivity index (χ2v) is 39.2. The summed E-state index contributed by atoms with van der Waals surface area (Å²) in [6.45, 7) is 20.2. The minimum Gasteiger partial charge on any atom is -0.458 e. The number of pyridine rings is 7. The van der Waals surface area contributed by atoms with Gasteiger partial charge in [-0.05, 0) is 281 Å². The fraction of sp³-hybridized carbons (Fsp3) is 0.272. The van der Waals surface area contributed by atoms with E-state index >= 15 is 0 Å². The van der Waals surface area contributed by atoms with Gasteiger partial charge in [-0.2, -0.15) is 0 Å². The van der Waals surface area contributed by atoms with Crippen LogP contribution in [0, 0.1) is 0 Å². The lowest BCUT2D eigenvalue weighted by atomic mass is 9.78. The van der Waals surface area contributed by atoms with E-state index in [2.05, 4.69) is 87.4 Å². The third kappa shape index (κ3) is 36.0. The number of alkyl halides is 2. The van der Waals surface area contributed by atoms with Gasteiger partial charge in [0.05, 0.1) is 146 Å². The number of nitrogens with two attached hydrogens (primary N) is 4. The summed E-state index contributed by atoms with van der Waals surface area (Å²) < 4.78 is 51.7. The predicted molar refractivity (Wildman–Crippen MR) is 588 cm³/mol. The Hall–Kier alpha value is -12.7. The summed E-state index contributed by atoms with van der Waals surface area (Å²) in [5.74, 6) is 3.14. The summed E-state index contributed by atoms with van der Waals surface area (Å²) in [5, 5.41) is 13.8. The minimum atomic E-state index is -0.557. The molecule has 40 heteroatoms. The number of alkyl carbamates (subject to hydrolysis) is 2. The second-order valence-electron chi connectivity index (χ2n) is 35.2. The molecule has 0 saturated carbocycles. The van der Waals surface area contributed by atoms with E-state index < -0.39 is 41.7 Å². The largest absolute Gasteiger partial charge is 0.494 e. The van der Waals surface area contributed by atoms with Crippen molar-refractivity contribution < 1.29 is 60.4 Å². The van der Waals surface area contributed by atoms with Gasteiger partial charge in [-0.3, -0.25) is 24.5 Å². The topological polar surface area (TPSA) is 410 Å². The summed E-state index contributed by atoms with van der Waals surface area (Å²) in [5.41, 5.74) is 34.9. The number of hydrogen-bond donors (Lipinski definition) is 7. The Kier molecular flexibility index (Phi) is 43.3. The van der Waals surface area contributed by atoms with Crippen molar-refractivity contribution in [2.45, 2.75) is 125 Å². The number of anilines is 7. The number of carbonyl (C=O) groups is 4. The first-order valence-electron chi connectivity index (χ1n) is 43.8. The van der Waals surface area contributed by atoms with Gasteiger partial charge in [0, 0.05) is 113 Å². The fourth-order valence-electron chi connectivity index (χ4n) is 12.6. The number of furan rings is 4. The molecule has 1 saturated heterocycles. The molecule has 12 heterocycles. The van der Waals surface area contributed by atoms with Crippen LogP contribution in [-0.4, -0.2) is 151 Å². The first-order chi connectivity index (χ1) is 67.1. The van der Waals surface area contributed by atoms with E-state index in [4.69, 9.17) is 129 Å². The number of hydrogen-bond acceptors (Lipinski definition) is 28. The quantitative estimate of drug-likeness (QED) is 0.00708. The van der Waals surface area contributed by atoms with E-state index in [1.807, 2.05) is 285 Å². The molecule has 31 nitrogen and oxygen atoms in total. The summed E-state index contributed by atoms with van der Waals surface area (Å²) in [6, 6.07) is 49.1. The summed E-state index contributed by atoms with van der Waals surface area (Å²) in [6.07, 6.45) is 17.1. The van der Waals surface area contributed by atoms with Gasteiger partial charge in [0.15, 0.2) is 22.3 Å². The average Bonchev–Trinajstić information content (AvgIpc) is 1.61. The van der Waals surface area contributed by atoms with Gasteiger partial charge >= 0.3 is 19.3 Å². The standard InChI is InChI=1S/C24H22ClN5O2.C21H24ClN3O3.C20H27BClNO5.C16H16ClN3O.C8H8N2O2.C7H9BrN2.C5H5BrN2.CH2Cl2.CH4/c1-30(2)18-5-6-21(27-13-18)16-9-17-10-19(32-24(17)20(25)11-16)14-29-23(31)8-4-15-3-7-22(26)28-12-15;1-21(2,3)28-20(26)24-12-16-9-14-8-13(10-17(22)19(14)27-16)18-7-6-15(11-23-18)25(4)5;1-18(2,3)26-17(24)23-11-14-9-12-8-13(10-15(22)16(12)25-14)21-27-19(4,5)20(6,7)28-21;1-20(2)12-3-4-15(19-9-12)10-5-11-6-13(8-18)21-16(11)14(17)7-10;9-8-2-1-7(5-10-8)3-4-12-6-11;1-10(2)6-3-4-7(8)9-5-6;6-5-2-1-4(7)3-8-5;2-1-3;/h3-13H,14H2,1-2H3,(H2,26,28)(H,29,31);6-11H,12H2,1-5H3,(H,24,26);8-10H,11H2,1-7H3,(H,23,24);3-7,9H,8,18H2,1-2H3;1-6H,(H2,9,10);3-5H,1-2H3;1-3H,7H2;1H2;1H4/b8-4+;;;;4-3+;;;;. The number of halogens is 8. The van der Waals surface area contributed by atoms with Crippen molar-refractivity contribution in [1.82, 2.24) is 50.8 Å². The predicted octanol–water partition coefficient (Wildman–Crippen LogP) is 24.0. The molecule has 11 N–H and O–H groups in total. The number of rotatable bonds is 20. The molecular weight excluding hydrogens is 2080 g/mol. The molecule has 3 amide bonds. The maximum absolute atomic E-state index is 12.1. The highest BCUT2D eigenvalue weighted by Gasteiger charge is 2.52. The molecule has 16 rings (SSSR count). The van der Waals surface area contributed by atoms with Gasteiger partial charge in [0.1, 0.15) is 55.1 Å². The molecular formula is C103H117BBr2Cl6N18O13. The maximum Gasteiger partial charge on any atom is 0.494 e. The van der Waals surface area contributed by atoms with Crippen molar-refractivity contribution in [3.8, 4) is 33.8 Å². The number of benzene rings is 4. The van der Waals surface area contributed by atoms with Crippen molar-refractivity contribution in [3.63, 3.8) is 0 Å². The van der Waals surface area contributed by atoms with Crippen LogP contribution < -0.4 is 63.9 Å². The third-order valence-electron chi connectivity index (χ3n) is 20.4. The molecule has 0 unspecified atom stereocenters. The highest BCUT2D eigenvalue weighted by Crippen LogP contribution is 2.40. The number of carbonyl (C=O) groups excluding carboxylic acids is 4. The van der Waals surface area contributed by atoms with Crippen LogP contribution in [0.25, 0.3) is 89.8 Å². The molecule has 756 valence electrons. The Balaban J connectivity index is 0.000000211. The molecule has 0 bridgehead atoms. The fourth-order valence-corrected chi connectivity index (χ4v) is 14.2. The first-order valence-corrected chi connectivity index (χ1v) is 48.0. The highest BCUT2D eigenvalue weighted by atomic mass is 79.9. The van der Waals surface area contributed by atoms with Gasteiger partial charge in [-0.15, -0.1) is 23.2 Å². The molecule has 0 radical (unpaired) electrons. The van der Waals surface area contributed by atoms with E-state index in [1.54, 1.807) is 73.2 Å². The van der Waals surface area contributed by atoms with Crippen LogP contribution in [0.2, 0.25) is 20.1 Å². The number of nitrogen functional groups attached to an aromatic ring is 3. The van der Waals surface area contributed by atoms with E-state index in [-0.39, 0.29) is 38.3 Å².